The lowest BCUT2D eigenvalue weighted by molar-refractivity contribution is 0.101. The lowest BCUT2D eigenvalue weighted by Crippen LogP contribution is -2.14. The van der Waals surface area contributed by atoms with Gasteiger partial charge < -0.3 is 15.4 Å². The molecule has 0 radical (unpaired) electrons. The summed E-state index contributed by atoms with van der Waals surface area (Å²) in [5, 5.41) is 5.95. The Labute approximate surface area is 161 Å². The van der Waals surface area contributed by atoms with E-state index in [1.165, 1.54) is 7.11 Å². The van der Waals surface area contributed by atoms with E-state index < -0.39 is 0 Å². The highest BCUT2D eigenvalue weighted by molar-refractivity contribution is 6.34. The summed E-state index contributed by atoms with van der Waals surface area (Å²) in [6.07, 6.45) is 0. The van der Waals surface area contributed by atoms with Gasteiger partial charge >= 0.3 is 0 Å². The van der Waals surface area contributed by atoms with E-state index >= 15 is 0 Å². The van der Waals surface area contributed by atoms with Gasteiger partial charge in [-0.1, -0.05) is 41.9 Å². The number of ether oxygens (including phenoxy) is 1. The highest BCUT2D eigenvalue weighted by Crippen LogP contribution is 2.22. The lowest BCUT2D eigenvalue weighted by atomic mass is 10.1. The van der Waals surface area contributed by atoms with Crippen molar-refractivity contribution in [2.45, 2.75) is 0 Å². The van der Waals surface area contributed by atoms with Crippen molar-refractivity contribution in [3.63, 3.8) is 0 Å². The molecule has 0 fully saturated rings. The summed E-state index contributed by atoms with van der Waals surface area (Å²) in [7, 11) is 1.51. The average molecular weight is 381 g/mol. The fraction of sp³-hybridized carbons (Fsp3) is 0.0476. The molecule has 6 heteroatoms. The molecule has 27 heavy (non-hydrogen) atoms. The number of hydrogen-bond acceptors (Lipinski definition) is 3. The van der Waals surface area contributed by atoms with Gasteiger partial charge in [-0.2, -0.15) is 0 Å². The zero-order valence-corrected chi connectivity index (χ0v) is 15.3. The summed E-state index contributed by atoms with van der Waals surface area (Å²) >= 11 is 6.05. The van der Waals surface area contributed by atoms with Crippen LogP contribution in [0.2, 0.25) is 5.02 Å². The van der Waals surface area contributed by atoms with Crippen molar-refractivity contribution in [1.82, 2.24) is 0 Å². The molecule has 136 valence electrons. The molecule has 3 aromatic rings. The molecular formula is C21H17ClN2O3. The number of methoxy groups -OCH3 is 1. The summed E-state index contributed by atoms with van der Waals surface area (Å²) in [4.78, 5) is 24.9. The maximum atomic E-state index is 12.5. The Morgan fingerprint density at radius 2 is 1.33 bits per heavy atom. The van der Waals surface area contributed by atoms with Gasteiger partial charge in [-0.15, -0.1) is 0 Å². The number of rotatable bonds is 5. The predicted molar refractivity (Wildman–Crippen MR) is 107 cm³/mol. The maximum absolute atomic E-state index is 12.5. The van der Waals surface area contributed by atoms with Gasteiger partial charge in [0.25, 0.3) is 11.8 Å². The van der Waals surface area contributed by atoms with E-state index in [4.69, 9.17) is 16.3 Å². The summed E-state index contributed by atoms with van der Waals surface area (Å²) in [6.45, 7) is 0. The molecule has 0 spiro atoms. The van der Waals surface area contributed by atoms with E-state index in [9.17, 15) is 9.59 Å². The molecule has 0 aliphatic rings. The molecule has 5 nitrogen and oxygen atoms in total. The van der Waals surface area contributed by atoms with Crippen molar-refractivity contribution in [2.75, 3.05) is 17.7 Å². The molecule has 0 aliphatic heterocycles. The molecule has 0 saturated heterocycles. The van der Waals surface area contributed by atoms with Crippen LogP contribution in [0.5, 0.6) is 5.75 Å². The van der Waals surface area contributed by atoms with Crippen molar-refractivity contribution < 1.29 is 14.3 Å². The van der Waals surface area contributed by atoms with E-state index in [2.05, 4.69) is 10.6 Å². The largest absolute Gasteiger partial charge is 0.496 e. The van der Waals surface area contributed by atoms with Crippen LogP contribution in [0.1, 0.15) is 20.7 Å². The van der Waals surface area contributed by atoms with Crippen LogP contribution in [0.4, 0.5) is 11.4 Å². The zero-order valence-electron chi connectivity index (χ0n) is 14.5. The van der Waals surface area contributed by atoms with Crippen LogP contribution in [0, 0.1) is 0 Å². The first-order chi connectivity index (χ1) is 13.1. The Hall–Kier alpha value is -3.31. The van der Waals surface area contributed by atoms with Gasteiger partial charge in [-0.25, -0.2) is 0 Å². The molecular weight excluding hydrogens is 364 g/mol. The number of halogens is 1. The first-order valence-electron chi connectivity index (χ1n) is 8.19. The average Bonchev–Trinajstić information content (AvgIpc) is 2.68. The summed E-state index contributed by atoms with van der Waals surface area (Å²) in [5.41, 5.74) is 1.88. The van der Waals surface area contributed by atoms with E-state index in [0.717, 1.165) is 0 Å². The molecule has 0 aromatic heterocycles. The molecule has 0 aliphatic carbocycles. The summed E-state index contributed by atoms with van der Waals surface area (Å²) < 4.78 is 5.21. The monoisotopic (exact) mass is 380 g/mol. The lowest BCUT2D eigenvalue weighted by Gasteiger charge is -2.11. The van der Waals surface area contributed by atoms with Gasteiger partial charge in [-0.3, -0.25) is 9.59 Å². The minimum Gasteiger partial charge on any atom is -0.496 e. The molecule has 0 heterocycles. The standard InChI is InChI=1S/C21H17ClN2O3/c1-27-19-12-5-3-10-17(19)21(26)24-15-8-6-7-14(13-15)23-20(25)16-9-2-4-11-18(16)22/h2-13H,1H3,(H,23,25)(H,24,26). The second-order valence-corrected chi connectivity index (χ2v) is 6.08. The third-order valence-corrected chi connectivity index (χ3v) is 4.18. The molecule has 2 N–H and O–H groups in total. The van der Waals surface area contributed by atoms with Crippen LogP contribution in [0.15, 0.2) is 72.8 Å². The van der Waals surface area contributed by atoms with Crippen LogP contribution in [-0.4, -0.2) is 18.9 Å². The molecule has 3 rings (SSSR count). The van der Waals surface area contributed by atoms with Crippen LogP contribution in [-0.2, 0) is 0 Å². The first kappa shape index (κ1) is 18.5. The predicted octanol–water partition coefficient (Wildman–Crippen LogP) is 4.85. The number of carbonyl (C=O) groups excluding carboxylic acids is 2. The van der Waals surface area contributed by atoms with E-state index in [1.807, 2.05) is 0 Å². The maximum Gasteiger partial charge on any atom is 0.259 e. The molecule has 3 aromatic carbocycles. The number of benzene rings is 3. The Morgan fingerprint density at radius 3 is 1.96 bits per heavy atom. The van der Waals surface area contributed by atoms with Crippen LogP contribution in [0.3, 0.4) is 0 Å². The molecule has 0 atom stereocenters. The van der Waals surface area contributed by atoms with Crippen molar-refractivity contribution in [1.29, 1.82) is 0 Å². The van der Waals surface area contributed by atoms with Gasteiger partial charge in [0, 0.05) is 11.4 Å². The van der Waals surface area contributed by atoms with Gasteiger partial charge in [-0.05, 0) is 42.5 Å². The van der Waals surface area contributed by atoms with Crippen LogP contribution >= 0.6 is 11.6 Å². The summed E-state index contributed by atoms with van der Waals surface area (Å²) in [5.74, 6) is -0.144. The van der Waals surface area contributed by atoms with E-state index in [-0.39, 0.29) is 11.8 Å². The van der Waals surface area contributed by atoms with Crippen molar-refractivity contribution in [2.24, 2.45) is 0 Å². The normalized spacial score (nSPS) is 10.1. The van der Waals surface area contributed by atoms with Gasteiger partial charge in [0.2, 0.25) is 0 Å². The van der Waals surface area contributed by atoms with Gasteiger partial charge in [0.1, 0.15) is 5.75 Å². The Balaban J connectivity index is 1.75. The Bertz CT molecular complexity index is 988. The first-order valence-corrected chi connectivity index (χ1v) is 8.56. The summed E-state index contributed by atoms with van der Waals surface area (Å²) in [6, 6.07) is 20.6. The smallest absolute Gasteiger partial charge is 0.259 e. The van der Waals surface area contributed by atoms with E-state index in [0.29, 0.717) is 33.3 Å². The molecule has 0 saturated carbocycles. The Kier molecular flexibility index (Phi) is 5.74. The minimum absolute atomic E-state index is 0.304. The number of carbonyl (C=O) groups is 2. The second-order valence-electron chi connectivity index (χ2n) is 5.67. The molecule has 0 bridgehead atoms. The highest BCUT2D eigenvalue weighted by atomic mass is 35.5. The topological polar surface area (TPSA) is 67.4 Å². The number of anilines is 2. The van der Waals surface area contributed by atoms with Crippen molar-refractivity contribution in [3.8, 4) is 5.75 Å². The fourth-order valence-electron chi connectivity index (χ4n) is 2.55. The fourth-order valence-corrected chi connectivity index (χ4v) is 2.77. The SMILES string of the molecule is COc1ccccc1C(=O)Nc1cccc(NC(=O)c2ccccc2Cl)c1. The Morgan fingerprint density at radius 1 is 0.778 bits per heavy atom. The number of hydrogen-bond donors (Lipinski definition) is 2. The quantitative estimate of drug-likeness (QED) is 0.664. The third-order valence-electron chi connectivity index (χ3n) is 3.85. The number of para-hydroxylation sites is 1. The zero-order chi connectivity index (χ0) is 19.2. The second kappa shape index (κ2) is 8.38. The van der Waals surface area contributed by atoms with Crippen molar-refractivity contribution in [3.05, 3.63) is 88.9 Å². The third kappa shape index (κ3) is 4.46. The van der Waals surface area contributed by atoms with Gasteiger partial charge in [0.05, 0.1) is 23.3 Å². The number of nitrogens with one attached hydrogen (secondary N) is 2. The van der Waals surface area contributed by atoms with Crippen molar-refractivity contribution >= 4 is 34.8 Å². The number of amides is 2. The molecule has 0 unspecified atom stereocenters. The highest BCUT2D eigenvalue weighted by Gasteiger charge is 2.13. The van der Waals surface area contributed by atoms with Gasteiger partial charge in [0.15, 0.2) is 0 Å². The minimum atomic E-state index is -0.325. The van der Waals surface area contributed by atoms with E-state index in [1.54, 1.807) is 72.8 Å². The van der Waals surface area contributed by atoms with Crippen LogP contribution in [0.25, 0.3) is 0 Å². The van der Waals surface area contributed by atoms with Crippen LogP contribution < -0.4 is 15.4 Å². The molecule has 2 amide bonds.